The smallest absolute Gasteiger partial charge is 0.338 e. The SMILES string of the molecule is CCOC(=O)c1ccc(N2C(=O)C(=O)/C(=C(/O)c3ccccc3)C2c2ccccc2)cc1. The van der Waals surface area contributed by atoms with E-state index in [1.54, 1.807) is 73.7 Å². The van der Waals surface area contributed by atoms with Crippen molar-refractivity contribution in [1.29, 1.82) is 0 Å². The van der Waals surface area contributed by atoms with Crippen molar-refractivity contribution in [3.8, 4) is 0 Å². The van der Waals surface area contributed by atoms with E-state index in [2.05, 4.69) is 0 Å². The van der Waals surface area contributed by atoms with Gasteiger partial charge in [0.25, 0.3) is 11.7 Å². The number of nitrogens with zero attached hydrogens (tertiary/aromatic N) is 1. The third-order valence-electron chi connectivity index (χ3n) is 5.26. The molecule has 1 N–H and O–H groups in total. The molecule has 4 rings (SSSR count). The largest absolute Gasteiger partial charge is 0.507 e. The van der Waals surface area contributed by atoms with E-state index >= 15 is 0 Å². The Bertz CT molecular complexity index is 1180. The van der Waals surface area contributed by atoms with Crippen molar-refractivity contribution >= 4 is 29.1 Å². The Hall–Kier alpha value is -4.19. The predicted octanol–water partition coefficient (Wildman–Crippen LogP) is 4.49. The van der Waals surface area contributed by atoms with Crippen molar-refractivity contribution < 1.29 is 24.2 Å². The van der Waals surface area contributed by atoms with Crippen LogP contribution in [0.2, 0.25) is 0 Å². The molecule has 3 aromatic rings. The zero-order valence-electron chi connectivity index (χ0n) is 17.4. The molecular formula is C26H21NO5. The summed E-state index contributed by atoms with van der Waals surface area (Å²) in [5.74, 6) is -2.22. The van der Waals surface area contributed by atoms with Gasteiger partial charge in [-0.15, -0.1) is 0 Å². The molecule has 1 atom stereocenters. The topological polar surface area (TPSA) is 83.9 Å². The van der Waals surface area contributed by atoms with Gasteiger partial charge >= 0.3 is 5.97 Å². The van der Waals surface area contributed by atoms with Crippen LogP contribution in [0.4, 0.5) is 5.69 Å². The molecule has 160 valence electrons. The van der Waals surface area contributed by atoms with Crippen LogP contribution in [-0.2, 0) is 14.3 Å². The minimum atomic E-state index is -0.815. The van der Waals surface area contributed by atoms with Gasteiger partial charge in [-0.05, 0) is 36.8 Å². The van der Waals surface area contributed by atoms with Crippen LogP contribution in [0, 0.1) is 0 Å². The molecule has 6 heteroatoms. The summed E-state index contributed by atoms with van der Waals surface area (Å²) in [4.78, 5) is 39.5. The van der Waals surface area contributed by atoms with Gasteiger partial charge in [-0.2, -0.15) is 0 Å². The van der Waals surface area contributed by atoms with Crippen LogP contribution >= 0.6 is 0 Å². The van der Waals surface area contributed by atoms with Gasteiger partial charge in [-0.25, -0.2) is 4.79 Å². The highest BCUT2D eigenvalue weighted by molar-refractivity contribution is 6.51. The molecule has 3 aromatic carbocycles. The zero-order valence-corrected chi connectivity index (χ0v) is 17.4. The highest BCUT2D eigenvalue weighted by Gasteiger charge is 2.46. The average molecular weight is 427 g/mol. The number of Topliss-reactive ketones (excluding diaryl/α,β-unsaturated/α-hetero) is 1. The predicted molar refractivity (Wildman–Crippen MR) is 120 cm³/mol. The van der Waals surface area contributed by atoms with Crippen molar-refractivity contribution in [3.05, 3.63) is 107 Å². The lowest BCUT2D eigenvalue weighted by Crippen LogP contribution is -2.29. The van der Waals surface area contributed by atoms with Crippen LogP contribution in [0.3, 0.4) is 0 Å². The normalized spacial score (nSPS) is 17.4. The molecule has 0 radical (unpaired) electrons. The number of amides is 1. The Labute approximate surface area is 185 Å². The summed E-state index contributed by atoms with van der Waals surface area (Å²) in [7, 11) is 0. The molecule has 1 unspecified atom stereocenters. The van der Waals surface area contributed by atoms with Gasteiger partial charge in [0.1, 0.15) is 5.76 Å². The van der Waals surface area contributed by atoms with Crippen LogP contribution in [0.25, 0.3) is 5.76 Å². The number of anilines is 1. The number of aliphatic hydroxyl groups is 1. The maximum Gasteiger partial charge on any atom is 0.338 e. The molecule has 0 aromatic heterocycles. The summed E-state index contributed by atoms with van der Waals surface area (Å²) in [6.45, 7) is 1.97. The van der Waals surface area contributed by atoms with Gasteiger partial charge in [-0.1, -0.05) is 60.7 Å². The van der Waals surface area contributed by atoms with Gasteiger partial charge < -0.3 is 9.84 Å². The van der Waals surface area contributed by atoms with Crippen LogP contribution in [0.15, 0.2) is 90.5 Å². The molecule has 1 aliphatic rings. The van der Waals surface area contributed by atoms with Crippen LogP contribution in [-0.4, -0.2) is 29.4 Å². The van der Waals surface area contributed by atoms with Crippen LogP contribution in [0.5, 0.6) is 0 Å². The van der Waals surface area contributed by atoms with E-state index < -0.39 is 23.7 Å². The number of aliphatic hydroxyl groups excluding tert-OH is 1. The first kappa shape index (κ1) is 21.1. The van der Waals surface area contributed by atoms with Gasteiger partial charge in [-0.3, -0.25) is 14.5 Å². The second kappa shape index (κ2) is 8.89. The fourth-order valence-electron chi connectivity index (χ4n) is 3.77. The number of ether oxygens (including phenoxy) is 1. The number of carbonyl (C=O) groups is 3. The lowest BCUT2D eigenvalue weighted by Gasteiger charge is -2.25. The van der Waals surface area contributed by atoms with Crippen molar-refractivity contribution in [1.82, 2.24) is 0 Å². The van der Waals surface area contributed by atoms with E-state index in [4.69, 9.17) is 4.74 Å². The molecule has 1 heterocycles. The molecule has 1 saturated heterocycles. The maximum atomic E-state index is 13.1. The average Bonchev–Trinajstić information content (AvgIpc) is 3.10. The third kappa shape index (κ3) is 3.78. The fraction of sp³-hybridized carbons (Fsp3) is 0.115. The summed E-state index contributed by atoms with van der Waals surface area (Å²) in [5, 5.41) is 11.0. The third-order valence-corrected chi connectivity index (χ3v) is 5.26. The van der Waals surface area contributed by atoms with Gasteiger partial charge in [0.15, 0.2) is 0 Å². The first-order valence-corrected chi connectivity index (χ1v) is 10.2. The minimum absolute atomic E-state index is 0.0156. The highest BCUT2D eigenvalue weighted by atomic mass is 16.5. The summed E-state index contributed by atoms with van der Waals surface area (Å²) < 4.78 is 5.01. The molecule has 6 nitrogen and oxygen atoms in total. The van der Waals surface area contributed by atoms with E-state index in [1.807, 2.05) is 18.2 Å². The van der Waals surface area contributed by atoms with Crippen molar-refractivity contribution in [2.24, 2.45) is 0 Å². The molecule has 32 heavy (non-hydrogen) atoms. The monoisotopic (exact) mass is 427 g/mol. The first-order valence-electron chi connectivity index (χ1n) is 10.2. The Morgan fingerprint density at radius 1 is 0.875 bits per heavy atom. The number of carbonyl (C=O) groups excluding carboxylic acids is 3. The molecule has 1 aliphatic heterocycles. The van der Waals surface area contributed by atoms with E-state index in [1.165, 1.54) is 4.90 Å². The summed E-state index contributed by atoms with van der Waals surface area (Å²) >= 11 is 0. The Morgan fingerprint density at radius 2 is 1.47 bits per heavy atom. The second-order valence-electron chi connectivity index (χ2n) is 7.21. The van der Waals surface area contributed by atoms with E-state index in [-0.39, 0.29) is 17.9 Å². The first-order chi connectivity index (χ1) is 15.5. The van der Waals surface area contributed by atoms with Crippen LogP contribution in [0.1, 0.15) is 34.5 Å². The lowest BCUT2D eigenvalue weighted by atomic mass is 9.95. The molecule has 0 bridgehead atoms. The van der Waals surface area contributed by atoms with Gasteiger partial charge in [0.05, 0.1) is 23.8 Å². The summed E-state index contributed by atoms with van der Waals surface area (Å²) in [6, 6.07) is 23.2. The zero-order chi connectivity index (χ0) is 22.7. The Morgan fingerprint density at radius 3 is 2.06 bits per heavy atom. The maximum absolute atomic E-state index is 13.1. The molecule has 0 saturated carbocycles. The number of rotatable bonds is 5. The number of hydrogen-bond donors (Lipinski definition) is 1. The van der Waals surface area contributed by atoms with E-state index in [0.717, 1.165) is 0 Å². The molecular weight excluding hydrogens is 406 g/mol. The minimum Gasteiger partial charge on any atom is -0.507 e. The number of ketones is 1. The van der Waals surface area contributed by atoms with Gasteiger partial charge in [0.2, 0.25) is 0 Å². The van der Waals surface area contributed by atoms with Crippen molar-refractivity contribution in [3.63, 3.8) is 0 Å². The molecule has 0 spiro atoms. The van der Waals surface area contributed by atoms with Crippen molar-refractivity contribution in [2.75, 3.05) is 11.5 Å². The number of esters is 1. The second-order valence-corrected chi connectivity index (χ2v) is 7.21. The quantitative estimate of drug-likeness (QED) is 0.281. The number of benzene rings is 3. The van der Waals surface area contributed by atoms with E-state index in [9.17, 15) is 19.5 Å². The Kier molecular flexibility index (Phi) is 5.85. The Balaban J connectivity index is 1.84. The standard InChI is InChI=1S/C26H21NO5/c1-2-32-26(31)19-13-15-20(16-14-19)27-22(17-9-5-3-6-10-17)21(24(29)25(27)30)23(28)18-11-7-4-8-12-18/h3-16,22,28H,2H2,1H3/b23-21+. The summed E-state index contributed by atoms with van der Waals surface area (Å²) in [6.07, 6.45) is 0. The molecule has 1 fully saturated rings. The molecule has 0 aliphatic carbocycles. The lowest BCUT2D eigenvalue weighted by molar-refractivity contribution is -0.132. The molecule has 1 amide bonds. The summed E-state index contributed by atoms with van der Waals surface area (Å²) in [5.41, 5.74) is 1.92. The highest BCUT2D eigenvalue weighted by Crippen LogP contribution is 2.42. The fourth-order valence-corrected chi connectivity index (χ4v) is 3.77. The van der Waals surface area contributed by atoms with E-state index in [0.29, 0.717) is 22.4 Å². The van der Waals surface area contributed by atoms with Crippen molar-refractivity contribution in [2.45, 2.75) is 13.0 Å². The van der Waals surface area contributed by atoms with Gasteiger partial charge in [0, 0.05) is 11.3 Å². The number of hydrogen-bond acceptors (Lipinski definition) is 5. The van der Waals surface area contributed by atoms with Crippen LogP contribution < -0.4 is 4.90 Å².